The van der Waals surface area contributed by atoms with Gasteiger partial charge in [-0.25, -0.2) is 8.42 Å². The van der Waals surface area contributed by atoms with Crippen LogP contribution in [0.3, 0.4) is 0 Å². The molecule has 9 nitrogen and oxygen atoms in total. The van der Waals surface area contributed by atoms with Crippen molar-refractivity contribution in [3.05, 3.63) is 57.6 Å². The molecule has 0 atom stereocenters. The van der Waals surface area contributed by atoms with Gasteiger partial charge in [-0.3, -0.25) is 19.2 Å². The number of amides is 1. The molecule has 156 valence electrons. The smallest absolute Gasteiger partial charge is 0.271 e. The summed E-state index contributed by atoms with van der Waals surface area (Å²) in [4.78, 5) is 22.7. The van der Waals surface area contributed by atoms with Gasteiger partial charge in [0.2, 0.25) is 15.9 Å². The molecule has 0 spiro atoms. The van der Waals surface area contributed by atoms with E-state index in [9.17, 15) is 23.3 Å². The van der Waals surface area contributed by atoms with Crippen molar-refractivity contribution in [3.8, 4) is 5.75 Å². The Hall–Kier alpha value is -2.85. The van der Waals surface area contributed by atoms with Gasteiger partial charge < -0.3 is 10.1 Å². The number of ether oxygens (including phenoxy) is 1. The van der Waals surface area contributed by atoms with Gasteiger partial charge in [-0.1, -0.05) is 11.6 Å². The van der Waals surface area contributed by atoms with Gasteiger partial charge in [-0.05, 0) is 44.2 Å². The van der Waals surface area contributed by atoms with E-state index in [1.807, 2.05) is 13.8 Å². The van der Waals surface area contributed by atoms with Crippen LogP contribution in [0.2, 0.25) is 5.02 Å². The zero-order valence-electron chi connectivity index (χ0n) is 16.0. The fourth-order valence-corrected chi connectivity index (χ4v) is 3.43. The number of anilines is 2. The molecule has 0 unspecified atom stereocenters. The first-order valence-corrected chi connectivity index (χ1v) is 10.7. The van der Waals surface area contributed by atoms with Gasteiger partial charge in [0.1, 0.15) is 12.3 Å². The molecule has 0 saturated heterocycles. The second-order valence-electron chi connectivity index (χ2n) is 6.40. The van der Waals surface area contributed by atoms with Crippen molar-refractivity contribution in [2.24, 2.45) is 0 Å². The van der Waals surface area contributed by atoms with Crippen molar-refractivity contribution in [2.45, 2.75) is 20.0 Å². The van der Waals surface area contributed by atoms with Gasteiger partial charge in [-0.15, -0.1) is 0 Å². The predicted molar refractivity (Wildman–Crippen MR) is 111 cm³/mol. The van der Waals surface area contributed by atoms with Crippen molar-refractivity contribution in [1.29, 1.82) is 0 Å². The summed E-state index contributed by atoms with van der Waals surface area (Å²) in [6.45, 7) is 3.18. The number of nitro groups is 1. The van der Waals surface area contributed by atoms with E-state index in [4.69, 9.17) is 16.3 Å². The third-order valence-corrected chi connectivity index (χ3v) is 5.09. The van der Waals surface area contributed by atoms with Crippen LogP contribution in [0.4, 0.5) is 17.1 Å². The molecule has 0 bridgehead atoms. The van der Waals surface area contributed by atoms with Crippen molar-refractivity contribution in [3.63, 3.8) is 0 Å². The predicted octanol–water partition coefficient (Wildman–Crippen LogP) is 3.44. The number of hydrogen-bond acceptors (Lipinski definition) is 6. The van der Waals surface area contributed by atoms with Gasteiger partial charge in [0.25, 0.3) is 5.69 Å². The molecule has 2 rings (SSSR count). The van der Waals surface area contributed by atoms with E-state index in [0.717, 1.165) is 16.6 Å². The lowest BCUT2D eigenvalue weighted by Gasteiger charge is -2.22. The Kier molecular flexibility index (Phi) is 7.04. The Morgan fingerprint density at radius 2 is 1.86 bits per heavy atom. The average Bonchev–Trinajstić information content (AvgIpc) is 2.61. The lowest BCUT2D eigenvalue weighted by molar-refractivity contribution is -0.384. The second-order valence-corrected chi connectivity index (χ2v) is 8.71. The zero-order valence-corrected chi connectivity index (χ0v) is 17.5. The number of non-ortho nitro benzene ring substituents is 1. The standard InChI is InChI=1S/C18H20ClN3O6S/c1-12(2)28-15-7-4-13(5-8-15)21(29(3,26)27)11-18(23)20-17-10-14(22(24)25)6-9-16(17)19/h4-10,12H,11H2,1-3H3,(H,20,23). The van der Waals surface area contributed by atoms with Crippen LogP contribution in [0.25, 0.3) is 0 Å². The van der Waals surface area contributed by atoms with E-state index in [0.29, 0.717) is 5.75 Å². The minimum Gasteiger partial charge on any atom is -0.491 e. The second kappa shape index (κ2) is 9.10. The Balaban J connectivity index is 2.22. The first-order chi connectivity index (χ1) is 13.5. The molecule has 0 aromatic heterocycles. The zero-order chi connectivity index (χ0) is 21.8. The number of carbonyl (C=O) groups is 1. The van der Waals surface area contributed by atoms with E-state index in [1.54, 1.807) is 12.1 Å². The number of halogens is 1. The summed E-state index contributed by atoms with van der Waals surface area (Å²) in [5, 5.41) is 13.4. The Morgan fingerprint density at radius 3 is 2.38 bits per heavy atom. The molecule has 1 N–H and O–H groups in total. The number of sulfonamides is 1. The molecule has 11 heteroatoms. The molecule has 0 radical (unpaired) electrons. The van der Waals surface area contributed by atoms with E-state index in [-0.39, 0.29) is 28.2 Å². The van der Waals surface area contributed by atoms with Crippen molar-refractivity contribution < 1.29 is 22.9 Å². The molecule has 0 heterocycles. The highest BCUT2D eigenvalue weighted by atomic mass is 35.5. The number of carbonyl (C=O) groups excluding carboxylic acids is 1. The molecule has 0 saturated carbocycles. The molecule has 0 aliphatic rings. The maximum absolute atomic E-state index is 12.4. The van der Waals surface area contributed by atoms with Gasteiger partial charge in [0, 0.05) is 12.1 Å². The van der Waals surface area contributed by atoms with Crippen LogP contribution in [0.15, 0.2) is 42.5 Å². The van der Waals surface area contributed by atoms with Crippen molar-refractivity contribution in [1.82, 2.24) is 0 Å². The summed E-state index contributed by atoms with van der Waals surface area (Å²) in [6, 6.07) is 9.81. The van der Waals surface area contributed by atoms with Crippen LogP contribution >= 0.6 is 11.6 Å². The van der Waals surface area contributed by atoms with Gasteiger partial charge in [-0.2, -0.15) is 0 Å². The molecule has 2 aromatic rings. The first-order valence-electron chi connectivity index (χ1n) is 8.45. The molecular weight excluding hydrogens is 422 g/mol. The maximum atomic E-state index is 12.4. The van der Waals surface area contributed by atoms with Gasteiger partial charge in [0.15, 0.2) is 0 Å². The van der Waals surface area contributed by atoms with E-state index in [2.05, 4.69) is 5.32 Å². The van der Waals surface area contributed by atoms with Crippen molar-refractivity contribution >= 4 is 44.6 Å². The largest absolute Gasteiger partial charge is 0.491 e. The summed E-state index contributed by atoms with van der Waals surface area (Å²) in [6.07, 6.45) is 0.927. The highest BCUT2D eigenvalue weighted by Crippen LogP contribution is 2.27. The third-order valence-electron chi connectivity index (χ3n) is 3.62. The summed E-state index contributed by atoms with van der Waals surface area (Å²) < 4.78 is 30.8. The molecule has 0 fully saturated rings. The Labute approximate surface area is 173 Å². The van der Waals surface area contributed by atoms with E-state index >= 15 is 0 Å². The van der Waals surface area contributed by atoms with Crippen LogP contribution in [0.1, 0.15) is 13.8 Å². The number of nitrogens with one attached hydrogen (secondary N) is 1. The summed E-state index contributed by atoms with van der Waals surface area (Å²) in [5.41, 5.74) is 0.0225. The Morgan fingerprint density at radius 1 is 1.24 bits per heavy atom. The maximum Gasteiger partial charge on any atom is 0.271 e. The molecule has 0 aliphatic heterocycles. The summed E-state index contributed by atoms with van der Waals surface area (Å²) in [5.74, 6) is -0.148. The van der Waals surface area contributed by atoms with Crippen LogP contribution in [0, 0.1) is 10.1 Å². The van der Waals surface area contributed by atoms with Crippen LogP contribution in [0.5, 0.6) is 5.75 Å². The minimum absolute atomic E-state index is 0.0139. The topological polar surface area (TPSA) is 119 Å². The SMILES string of the molecule is CC(C)Oc1ccc(N(CC(=O)Nc2cc([N+](=O)[O-])ccc2Cl)S(C)(=O)=O)cc1. The van der Waals surface area contributed by atoms with Gasteiger partial charge >= 0.3 is 0 Å². The molecule has 29 heavy (non-hydrogen) atoms. The fourth-order valence-electron chi connectivity index (χ4n) is 2.41. The quantitative estimate of drug-likeness (QED) is 0.495. The monoisotopic (exact) mass is 441 g/mol. The average molecular weight is 442 g/mol. The van der Waals surface area contributed by atoms with Crippen LogP contribution in [-0.4, -0.2) is 38.2 Å². The first kappa shape index (κ1) is 22.4. The third kappa shape index (κ3) is 6.33. The fraction of sp³-hybridized carbons (Fsp3) is 0.278. The highest BCUT2D eigenvalue weighted by Gasteiger charge is 2.22. The number of rotatable bonds is 8. The van der Waals surface area contributed by atoms with E-state index in [1.165, 1.54) is 24.3 Å². The minimum atomic E-state index is -3.78. The highest BCUT2D eigenvalue weighted by molar-refractivity contribution is 7.92. The van der Waals surface area contributed by atoms with Crippen LogP contribution < -0.4 is 14.4 Å². The summed E-state index contributed by atoms with van der Waals surface area (Å²) >= 11 is 5.96. The lowest BCUT2D eigenvalue weighted by Crippen LogP contribution is -2.37. The molecule has 0 aliphatic carbocycles. The van der Waals surface area contributed by atoms with E-state index < -0.39 is 27.4 Å². The summed E-state index contributed by atoms with van der Waals surface area (Å²) in [7, 11) is -3.78. The molecule has 1 amide bonds. The number of nitro benzene ring substituents is 1. The number of nitrogens with zero attached hydrogens (tertiary/aromatic N) is 2. The molecule has 2 aromatic carbocycles. The Bertz CT molecular complexity index is 1010. The van der Waals surface area contributed by atoms with Gasteiger partial charge in [0.05, 0.1) is 33.7 Å². The van der Waals surface area contributed by atoms with Crippen LogP contribution in [-0.2, 0) is 14.8 Å². The normalized spacial score (nSPS) is 11.2. The molecular formula is C18H20ClN3O6S. The number of hydrogen-bond donors (Lipinski definition) is 1. The lowest BCUT2D eigenvalue weighted by atomic mass is 10.2. The number of benzene rings is 2. The van der Waals surface area contributed by atoms with Crippen molar-refractivity contribution in [2.75, 3.05) is 22.4 Å².